The van der Waals surface area contributed by atoms with Gasteiger partial charge in [-0.15, -0.1) is 0 Å². The number of nitriles is 1. The second kappa shape index (κ2) is 9.60. The SMILES string of the molecule is CNCC1CC(N(C[C@@H](F)C(C)(C)O)c2cc(-c3ccc4cc(C#N)cnn34)ncc2C(N)=O)C1. The Morgan fingerprint density at radius 2 is 2.14 bits per heavy atom. The summed E-state index contributed by atoms with van der Waals surface area (Å²) in [6, 6.07) is 9.15. The maximum absolute atomic E-state index is 15.1. The van der Waals surface area contributed by atoms with E-state index in [-0.39, 0.29) is 18.2 Å². The van der Waals surface area contributed by atoms with Crippen LogP contribution in [-0.4, -0.2) is 63.6 Å². The van der Waals surface area contributed by atoms with E-state index >= 15 is 4.39 Å². The average molecular weight is 480 g/mol. The quantitative estimate of drug-likeness (QED) is 0.429. The number of amides is 1. The molecule has 1 aliphatic rings. The van der Waals surface area contributed by atoms with Gasteiger partial charge in [0.15, 0.2) is 0 Å². The van der Waals surface area contributed by atoms with Crippen molar-refractivity contribution in [1.29, 1.82) is 5.26 Å². The summed E-state index contributed by atoms with van der Waals surface area (Å²) in [5.41, 5.74) is 7.15. The molecule has 0 radical (unpaired) electrons. The molecule has 1 atom stereocenters. The van der Waals surface area contributed by atoms with Crippen molar-refractivity contribution in [3.8, 4) is 17.5 Å². The number of alkyl halides is 1. The second-order valence-corrected chi connectivity index (χ2v) is 9.68. The van der Waals surface area contributed by atoms with Crippen molar-refractivity contribution in [2.75, 3.05) is 25.0 Å². The van der Waals surface area contributed by atoms with Crippen LogP contribution in [-0.2, 0) is 0 Å². The Bertz CT molecular complexity index is 1270. The van der Waals surface area contributed by atoms with Crippen LogP contribution in [0.5, 0.6) is 0 Å². The molecule has 35 heavy (non-hydrogen) atoms. The van der Waals surface area contributed by atoms with Crippen LogP contribution in [0.1, 0.15) is 42.6 Å². The third-order valence-corrected chi connectivity index (χ3v) is 6.62. The second-order valence-electron chi connectivity index (χ2n) is 9.68. The summed E-state index contributed by atoms with van der Waals surface area (Å²) in [4.78, 5) is 18.6. The number of hydrogen-bond acceptors (Lipinski definition) is 7. The molecule has 0 saturated heterocycles. The summed E-state index contributed by atoms with van der Waals surface area (Å²) >= 11 is 0. The Morgan fingerprint density at radius 1 is 1.40 bits per heavy atom. The fraction of sp³-hybridized carbons (Fsp3) is 0.440. The van der Waals surface area contributed by atoms with E-state index in [9.17, 15) is 9.90 Å². The third kappa shape index (κ3) is 4.97. The molecule has 0 aromatic carbocycles. The maximum atomic E-state index is 15.1. The number of pyridine rings is 1. The van der Waals surface area contributed by atoms with E-state index in [1.165, 1.54) is 26.2 Å². The lowest BCUT2D eigenvalue weighted by Crippen LogP contribution is -2.52. The van der Waals surface area contributed by atoms with Crippen LogP contribution >= 0.6 is 0 Å². The number of fused-ring (bicyclic) bond motifs is 1. The van der Waals surface area contributed by atoms with Gasteiger partial charge < -0.3 is 21.1 Å². The smallest absolute Gasteiger partial charge is 0.252 e. The molecule has 1 amide bonds. The van der Waals surface area contributed by atoms with Crippen LogP contribution in [0.25, 0.3) is 16.9 Å². The number of hydrogen-bond donors (Lipinski definition) is 3. The number of nitrogens with two attached hydrogens (primary N) is 1. The molecule has 0 unspecified atom stereocenters. The standard InChI is InChI=1S/C25H30FN7O2/c1-25(2,35)23(26)14-32(18-6-15(7-18)11-29-3)22-9-20(30-13-19(22)24(28)34)21-5-4-17-8-16(10-27)12-31-33(17)21/h4-5,8-9,12-13,15,18,23,29,35H,6-7,11,14H2,1-3H3,(H2,28,34)/t15?,18?,23-/m1/s1. The number of halogens is 1. The lowest BCUT2D eigenvalue weighted by molar-refractivity contribution is -0.00133. The van der Waals surface area contributed by atoms with E-state index in [2.05, 4.69) is 21.5 Å². The summed E-state index contributed by atoms with van der Waals surface area (Å²) in [6.45, 7) is 3.62. The Kier molecular flexibility index (Phi) is 6.74. The predicted molar refractivity (Wildman–Crippen MR) is 131 cm³/mol. The molecule has 4 N–H and O–H groups in total. The fourth-order valence-corrected chi connectivity index (χ4v) is 4.52. The van der Waals surface area contributed by atoms with Gasteiger partial charge in [0.1, 0.15) is 12.2 Å². The zero-order chi connectivity index (χ0) is 25.3. The first kappa shape index (κ1) is 24.6. The summed E-state index contributed by atoms with van der Waals surface area (Å²) in [5, 5.41) is 26.9. The molecule has 1 aliphatic carbocycles. The van der Waals surface area contributed by atoms with E-state index in [1.807, 2.05) is 24.1 Å². The van der Waals surface area contributed by atoms with Gasteiger partial charge in [0, 0.05) is 12.2 Å². The number of rotatable bonds is 9. The minimum absolute atomic E-state index is 0.0114. The molecule has 0 aliphatic heterocycles. The molecule has 9 nitrogen and oxygen atoms in total. The number of nitrogens with one attached hydrogen (secondary N) is 1. The number of primary amides is 1. The van der Waals surface area contributed by atoms with Crippen molar-refractivity contribution in [3.05, 3.63) is 47.8 Å². The maximum Gasteiger partial charge on any atom is 0.252 e. The van der Waals surface area contributed by atoms with Gasteiger partial charge in [-0.2, -0.15) is 10.4 Å². The van der Waals surface area contributed by atoms with E-state index in [1.54, 1.807) is 16.6 Å². The normalized spacial score (nSPS) is 18.6. The fourth-order valence-electron chi connectivity index (χ4n) is 4.52. The molecule has 3 aromatic rings. The average Bonchev–Trinajstić information content (AvgIpc) is 3.21. The number of carbonyl (C=O) groups is 1. The van der Waals surface area contributed by atoms with Crippen molar-refractivity contribution >= 4 is 17.1 Å². The van der Waals surface area contributed by atoms with E-state index in [4.69, 9.17) is 11.0 Å². The first-order chi connectivity index (χ1) is 16.6. The summed E-state index contributed by atoms with van der Waals surface area (Å²) in [5.74, 6) is -0.218. The molecule has 0 spiro atoms. The Balaban J connectivity index is 1.78. The van der Waals surface area contributed by atoms with Crippen molar-refractivity contribution in [2.45, 2.75) is 44.5 Å². The first-order valence-electron chi connectivity index (χ1n) is 11.6. The molecule has 4 rings (SSSR count). The topological polar surface area (TPSA) is 133 Å². The monoisotopic (exact) mass is 479 g/mol. The molecular weight excluding hydrogens is 449 g/mol. The number of nitrogens with zero attached hydrogens (tertiary/aromatic N) is 5. The highest BCUT2D eigenvalue weighted by Gasteiger charge is 2.38. The Labute approximate surface area is 203 Å². The summed E-state index contributed by atoms with van der Waals surface area (Å²) in [6.07, 6.45) is 2.96. The zero-order valence-electron chi connectivity index (χ0n) is 20.1. The minimum atomic E-state index is -1.55. The van der Waals surface area contributed by atoms with Crippen molar-refractivity contribution in [3.63, 3.8) is 0 Å². The van der Waals surface area contributed by atoms with Crippen LogP contribution in [0.3, 0.4) is 0 Å². The van der Waals surface area contributed by atoms with E-state index in [0.29, 0.717) is 28.6 Å². The number of aromatic nitrogens is 3. The van der Waals surface area contributed by atoms with Crippen LogP contribution in [0.4, 0.5) is 10.1 Å². The number of anilines is 1. The van der Waals surface area contributed by atoms with Gasteiger partial charge >= 0.3 is 0 Å². The van der Waals surface area contributed by atoms with Crippen LogP contribution < -0.4 is 16.0 Å². The molecular formula is C25H30FN7O2. The van der Waals surface area contributed by atoms with E-state index < -0.39 is 17.7 Å². The molecule has 3 aromatic heterocycles. The van der Waals surface area contributed by atoms with Gasteiger partial charge in [-0.1, -0.05) is 0 Å². The van der Waals surface area contributed by atoms with Gasteiger partial charge in [-0.05, 0) is 70.5 Å². The largest absolute Gasteiger partial charge is 0.387 e. The van der Waals surface area contributed by atoms with Gasteiger partial charge in [0.05, 0.1) is 52.1 Å². The van der Waals surface area contributed by atoms with Gasteiger partial charge in [-0.3, -0.25) is 9.78 Å². The molecule has 3 heterocycles. The highest BCUT2D eigenvalue weighted by molar-refractivity contribution is 5.99. The molecule has 1 saturated carbocycles. The van der Waals surface area contributed by atoms with Gasteiger partial charge in [0.2, 0.25) is 0 Å². The zero-order valence-corrected chi connectivity index (χ0v) is 20.1. The van der Waals surface area contributed by atoms with E-state index in [0.717, 1.165) is 24.9 Å². The van der Waals surface area contributed by atoms with Crippen LogP contribution in [0, 0.1) is 17.2 Å². The summed E-state index contributed by atoms with van der Waals surface area (Å²) in [7, 11) is 1.90. The van der Waals surface area contributed by atoms with Crippen LogP contribution in [0.2, 0.25) is 0 Å². The number of carbonyl (C=O) groups excluding carboxylic acids is 1. The lowest BCUT2D eigenvalue weighted by atomic mass is 9.78. The molecule has 0 bridgehead atoms. The Morgan fingerprint density at radius 3 is 2.77 bits per heavy atom. The first-order valence-corrected chi connectivity index (χ1v) is 11.6. The van der Waals surface area contributed by atoms with Crippen LogP contribution in [0.15, 0.2) is 36.7 Å². The van der Waals surface area contributed by atoms with Crippen molar-refractivity contribution in [2.24, 2.45) is 11.7 Å². The number of aliphatic hydroxyl groups is 1. The van der Waals surface area contributed by atoms with Crippen molar-refractivity contribution < 1.29 is 14.3 Å². The minimum Gasteiger partial charge on any atom is -0.387 e. The molecule has 10 heteroatoms. The van der Waals surface area contributed by atoms with Crippen molar-refractivity contribution in [1.82, 2.24) is 19.9 Å². The van der Waals surface area contributed by atoms with Gasteiger partial charge in [-0.25, -0.2) is 8.91 Å². The third-order valence-electron chi connectivity index (χ3n) is 6.62. The highest BCUT2D eigenvalue weighted by Crippen LogP contribution is 2.38. The highest BCUT2D eigenvalue weighted by atomic mass is 19.1. The predicted octanol–water partition coefficient (Wildman–Crippen LogP) is 2.28. The molecule has 1 fully saturated rings. The van der Waals surface area contributed by atoms with Gasteiger partial charge in [0.25, 0.3) is 5.91 Å². The summed E-state index contributed by atoms with van der Waals surface area (Å²) < 4.78 is 16.8. The molecule has 184 valence electrons. The lowest BCUT2D eigenvalue weighted by Gasteiger charge is -2.46. The Hall–Kier alpha value is -3.55.